The van der Waals surface area contributed by atoms with Crippen molar-refractivity contribution in [3.63, 3.8) is 0 Å². The van der Waals surface area contributed by atoms with Gasteiger partial charge in [0.25, 0.3) is 0 Å². The first-order chi connectivity index (χ1) is 14.2. The number of benzene rings is 2. The Morgan fingerprint density at radius 2 is 2.00 bits per heavy atom. The third-order valence-electron chi connectivity index (χ3n) is 5.06. The molecule has 4 rings (SSSR count). The van der Waals surface area contributed by atoms with E-state index in [2.05, 4.69) is 4.90 Å². The maximum absolute atomic E-state index is 12.8. The Kier molecular flexibility index (Phi) is 5.83. The summed E-state index contributed by atoms with van der Waals surface area (Å²) in [5, 5.41) is 0. The number of methoxy groups -OCH3 is 1. The van der Waals surface area contributed by atoms with E-state index in [4.69, 9.17) is 18.9 Å². The summed E-state index contributed by atoms with van der Waals surface area (Å²) in [7, 11) is 1.62. The van der Waals surface area contributed by atoms with Crippen LogP contribution in [0.3, 0.4) is 0 Å². The fraction of sp³-hybridized carbons (Fsp3) is 0.348. The van der Waals surface area contributed by atoms with E-state index in [0.717, 1.165) is 48.8 Å². The van der Waals surface area contributed by atoms with Crippen molar-refractivity contribution in [2.24, 2.45) is 0 Å². The summed E-state index contributed by atoms with van der Waals surface area (Å²) in [6.07, 6.45) is 2.70. The van der Waals surface area contributed by atoms with Gasteiger partial charge in [0.2, 0.25) is 5.78 Å². The zero-order valence-electron chi connectivity index (χ0n) is 16.8. The lowest BCUT2D eigenvalue weighted by molar-refractivity contribution is 0.0760. The van der Waals surface area contributed by atoms with Gasteiger partial charge in [0, 0.05) is 26.3 Å². The Morgan fingerprint density at radius 1 is 1.17 bits per heavy atom. The molecule has 0 radical (unpaired) electrons. The van der Waals surface area contributed by atoms with Crippen LogP contribution in [0.2, 0.25) is 0 Å². The molecule has 0 amide bonds. The minimum atomic E-state index is -0.105. The largest absolute Gasteiger partial charge is 0.497 e. The van der Waals surface area contributed by atoms with Crippen molar-refractivity contribution in [3.8, 4) is 17.2 Å². The van der Waals surface area contributed by atoms with Gasteiger partial charge in [-0.2, -0.15) is 0 Å². The SMILES string of the molecule is CCOCCCN1COc2ccc3c(c2C1)O/C(=C\c1ccc(OC)cc1)C3=O. The Hall–Kier alpha value is -2.83. The molecule has 2 aliphatic rings. The minimum Gasteiger partial charge on any atom is -0.497 e. The smallest absolute Gasteiger partial charge is 0.231 e. The van der Waals surface area contributed by atoms with Crippen LogP contribution in [0, 0.1) is 0 Å². The number of Topliss-reactive ketones (excluding diaryl/α,β-unsaturated/α-hetero) is 1. The highest BCUT2D eigenvalue weighted by molar-refractivity contribution is 6.15. The van der Waals surface area contributed by atoms with Crippen molar-refractivity contribution < 1.29 is 23.7 Å². The third-order valence-corrected chi connectivity index (χ3v) is 5.06. The number of rotatable bonds is 7. The van der Waals surface area contributed by atoms with Gasteiger partial charge in [0.15, 0.2) is 5.76 Å². The number of allylic oxidation sites excluding steroid dienone is 1. The van der Waals surface area contributed by atoms with Crippen molar-refractivity contribution in [2.45, 2.75) is 19.9 Å². The molecule has 6 nitrogen and oxygen atoms in total. The Labute approximate surface area is 170 Å². The molecular formula is C23H25NO5. The first kappa shape index (κ1) is 19.5. The van der Waals surface area contributed by atoms with Crippen LogP contribution < -0.4 is 14.2 Å². The summed E-state index contributed by atoms with van der Waals surface area (Å²) in [6.45, 7) is 5.54. The number of fused-ring (bicyclic) bond motifs is 3. The van der Waals surface area contributed by atoms with Crippen LogP contribution >= 0.6 is 0 Å². The van der Waals surface area contributed by atoms with Crippen molar-refractivity contribution in [2.75, 3.05) is 33.6 Å². The molecule has 0 N–H and O–H groups in total. The standard InChI is InChI=1S/C23H25NO5/c1-3-27-12-4-11-24-14-19-20(28-15-24)10-9-18-22(25)21(29-23(18)19)13-16-5-7-17(26-2)8-6-16/h5-10,13H,3-4,11-12,14-15H2,1-2H3/b21-13-. The summed E-state index contributed by atoms with van der Waals surface area (Å²) in [5.41, 5.74) is 2.39. The normalized spacial score (nSPS) is 16.9. The molecule has 2 heterocycles. The van der Waals surface area contributed by atoms with Crippen LogP contribution in [0.4, 0.5) is 0 Å². The van der Waals surface area contributed by atoms with Gasteiger partial charge in [-0.25, -0.2) is 0 Å². The van der Waals surface area contributed by atoms with Gasteiger partial charge in [-0.15, -0.1) is 0 Å². The summed E-state index contributed by atoms with van der Waals surface area (Å²) in [4.78, 5) is 15.0. The van der Waals surface area contributed by atoms with Gasteiger partial charge in [0.05, 0.1) is 18.2 Å². The zero-order chi connectivity index (χ0) is 20.2. The first-order valence-corrected chi connectivity index (χ1v) is 9.86. The van der Waals surface area contributed by atoms with Crippen LogP contribution in [0.1, 0.15) is 34.8 Å². The molecule has 0 spiro atoms. The lowest BCUT2D eigenvalue weighted by Crippen LogP contribution is -2.33. The summed E-state index contributed by atoms with van der Waals surface area (Å²) < 4.78 is 22.5. The molecule has 0 bridgehead atoms. The van der Waals surface area contributed by atoms with E-state index < -0.39 is 0 Å². The topological polar surface area (TPSA) is 57.2 Å². The molecule has 2 aromatic rings. The van der Waals surface area contributed by atoms with E-state index in [-0.39, 0.29) is 5.78 Å². The monoisotopic (exact) mass is 395 g/mol. The average Bonchev–Trinajstić information content (AvgIpc) is 3.07. The Balaban J connectivity index is 1.53. The van der Waals surface area contributed by atoms with Crippen molar-refractivity contribution in [3.05, 3.63) is 58.8 Å². The molecule has 29 heavy (non-hydrogen) atoms. The Bertz CT molecular complexity index is 920. The van der Waals surface area contributed by atoms with Crippen LogP contribution in [-0.4, -0.2) is 44.3 Å². The van der Waals surface area contributed by atoms with E-state index in [0.29, 0.717) is 30.3 Å². The predicted molar refractivity (Wildman–Crippen MR) is 109 cm³/mol. The number of carbonyl (C=O) groups excluding carboxylic acids is 1. The van der Waals surface area contributed by atoms with E-state index in [1.807, 2.05) is 37.3 Å². The molecule has 0 atom stereocenters. The third kappa shape index (κ3) is 4.13. The molecule has 0 aliphatic carbocycles. The molecule has 2 aliphatic heterocycles. The van der Waals surface area contributed by atoms with Gasteiger partial charge in [-0.3, -0.25) is 9.69 Å². The summed E-state index contributed by atoms with van der Waals surface area (Å²) in [5.74, 6) is 2.38. The maximum Gasteiger partial charge on any atom is 0.231 e. The number of nitrogens with zero attached hydrogens (tertiary/aromatic N) is 1. The molecular weight excluding hydrogens is 370 g/mol. The second-order valence-electron chi connectivity index (χ2n) is 7.01. The quantitative estimate of drug-likeness (QED) is 0.524. The molecule has 0 fully saturated rings. The van der Waals surface area contributed by atoms with Crippen LogP contribution in [0.25, 0.3) is 6.08 Å². The fourth-order valence-corrected chi connectivity index (χ4v) is 3.53. The van der Waals surface area contributed by atoms with E-state index in [1.54, 1.807) is 19.3 Å². The van der Waals surface area contributed by atoms with Crippen molar-refractivity contribution in [1.82, 2.24) is 4.90 Å². The molecule has 0 saturated heterocycles. The maximum atomic E-state index is 12.8. The molecule has 0 saturated carbocycles. The summed E-state index contributed by atoms with van der Waals surface area (Å²) in [6, 6.07) is 11.2. The second-order valence-corrected chi connectivity index (χ2v) is 7.01. The van der Waals surface area contributed by atoms with Gasteiger partial charge >= 0.3 is 0 Å². The lowest BCUT2D eigenvalue weighted by Gasteiger charge is -2.29. The zero-order valence-corrected chi connectivity index (χ0v) is 16.8. The van der Waals surface area contributed by atoms with E-state index in [1.165, 1.54) is 0 Å². The Morgan fingerprint density at radius 3 is 2.76 bits per heavy atom. The highest BCUT2D eigenvalue weighted by Gasteiger charge is 2.33. The fourth-order valence-electron chi connectivity index (χ4n) is 3.53. The van der Waals surface area contributed by atoms with Crippen LogP contribution in [0.15, 0.2) is 42.2 Å². The van der Waals surface area contributed by atoms with E-state index >= 15 is 0 Å². The summed E-state index contributed by atoms with van der Waals surface area (Å²) >= 11 is 0. The predicted octanol–water partition coefficient (Wildman–Crippen LogP) is 3.89. The first-order valence-electron chi connectivity index (χ1n) is 9.86. The number of ether oxygens (including phenoxy) is 4. The highest BCUT2D eigenvalue weighted by atomic mass is 16.5. The molecule has 0 unspecified atom stereocenters. The van der Waals surface area contributed by atoms with E-state index in [9.17, 15) is 4.79 Å². The number of ketones is 1. The molecule has 0 aromatic heterocycles. The van der Waals surface area contributed by atoms with Gasteiger partial charge in [-0.1, -0.05) is 12.1 Å². The number of carbonyl (C=O) groups is 1. The lowest BCUT2D eigenvalue weighted by atomic mass is 10.0. The number of hydrogen-bond donors (Lipinski definition) is 0. The van der Waals surface area contributed by atoms with Crippen LogP contribution in [0.5, 0.6) is 17.2 Å². The van der Waals surface area contributed by atoms with Crippen molar-refractivity contribution >= 4 is 11.9 Å². The van der Waals surface area contributed by atoms with Crippen LogP contribution in [-0.2, 0) is 11.3 Å². The van der Waals surface area contributed by atoms with Gasteiger partial charge in [0.1, 0.15) is 24.0 Å². The van der Waals surface area contributed by atoms with Gasteiger partial charge in [-0.05, 0) is 49.2 Å². The molecule has 6 heteroatoms. The average molecular weight is 395 g/mol. The van der Waals surface area contributed by atoms with Gasteiger partial charge < -0.3 is 18.9 Å². The number of hydrogen-bond acceptors (Lipinski definition) is 6. The second kappa shape index (κ2) is 8.68. The molecule has 2 aromatic carbocycles. The van der Waals surface area contributed by atoms with Crippen molar-refractivity contribution in [1.29, 1.82) is 0 Å². The highest BCUT2D eigenvalue weighted by Crippen LogP contribution is 2.42. The minimum absolute atomic E-state index is 0.105. The molecule has 152 valence electrons.